The van der Waals surface area contributed by atoms with Crippen LogP contribution in [0, 0.1) is 5.92 Å². The van der Waals surface area contributed by atoms with E-state index in [-0.39, 0.29) is 0 Å². The second kappa shape index (κ2) is 7.68. The molecule has 3 fully saturated rings. The average Bonchev–Trinajstić information content (AvgIpc) is 2.73. The molecule has 4 heteroatoms. The zero-order valence-electron chi connectivity index (χ0n) is 15.7. The zero-order chi connectivity index (χ0) is 17.9. The summed E-state index contributed by atoms with van der Waals surface area (Å²) >= 11 is 0. The van der Waals surface area contributed by atoms with Crippen molar-refractivity contribution in [1.29, 1.82) is 0 Å². The largest absolute Gasteiger partial charge is 0.497 e. The van der Waals surface area contributed by atoms with Gasteiger partial charge in [-0.05, 0) is 55.6 Å². The summed E-state index contributed by atoms with van der Waals surface area (Å²) in [4.78, 5) is 2.63. The van der Waals surface area contributed by atoms with Gasteiger partial charge in [0.05, 0.1) is 20.3 Å². The first kappa shape index (κ1) is 17.4. The van der Waals surface area contributed by atoms with Gasteiger partial charge in [-0.15, -0.1) is 0 Å². The Morgan fingerprint density at radius 2 is 1.81 bits per heavy atom. The van der Waals surface area contributed by atoms with Crippen LogP contribution in [0.15, 0.2) is 48.5 Å². The van der Waals surface area contributed by atoms with E-state index < -0.39 is 0 Å². The highest BCUT2D eigenvalue weighted by atomic mass is 16.5. The van der Waals surface area contributed by atoms with E-state index in [2.05, 4.69) is 40.5 Å². The fraction of sp³-hybridized carbons (Fsp3) is 0.455. The van der Waals surface area contributed by atoms with E-state index >= 15 is 0 Å². The summed E-state index contributed by atoms with van der Waals surface area (Å²) in [5.74, 6) is 2.62. The number of benzene rings is 2. The van der Waals surface area contributed by atoms with Gasteiger partial charge in [0.1, 0.15) is 11.5 Å². The topological polar surface area (TPSA) is 33.7 Å². The smallest absolute Gasteiger partial charge is 0.123 e. The second-order valence-corrected chi connectivity index (χ2v) is 7.31. The van der Waals surface area contributed by atoms with Gasteiger partial charge >= 0.3 is 0 Å². The lowest BCUT2D eigenvalue weighted by Crippen LogP contribution is -2.57. The summed E-state index contributed by atoms with van der Waals surface area (Å²) in [5.41, 5.74) is 2.57. The van der Waals surface area contributed by atoms with Crippen LogP contribution in [0.3, 0.4) is 0 Å². The highest BCUT2D eigenvalue weighted by Gasteiger charge is 2.42. The SMILES string of the molecule is COc1cccc([C@H]2[C@H](NCc3ccccc3OC)C3CCN2CC3)c1. The summed E-state index contributed by atoms with van der Waals surface area (Å²) in [5, 5.41) is 3.87. The normalized spacial score (nSPS) is 27.3. The lowest BCUT2D eigenvalue weighted by molar-refractivity contribution is 0.0111. The molecule has 2 bridgehead atoms. The van der Waals surface area contributed by atoms with Gasteiger partial charge in [-0.2, -0.15) is 0 Å². The minimum absolute atomic E-state index is 0.410. The Bertz CT molecular complexity index is 740. The number of hydrogen-bond donors (Lipinski definition) is 1. The predicted molar refractivity (Wildman–Crippen MR) is 104 cm³/mol. The minimum Gasteiger partial charge on any atom is -0.497 e. The molecule has 2 aromatic rings. The molecule has 3 heterocycles. The Labute approximate surface area is 156 Å². The molecular weight excluding hydrogens is 324 g/mol. The van der Waals surface area contributed by atoms with Gasteiger partial charge in [0.25, 0.3) is 0 Å². The number of rotatable bonds is 6. The van der Waals surface area contributed by atoms with Gasteiger partial charge in [0.15, 0.2) is 0 Å². The van der Waals surface area contributed by atoms with Crippen molar-refractivity contribution >= 4 is 0 Å². The molecule has 26 heavy (non-hydrogen) atoms. The summed E-state index contributed by atoms with van der Waals surface area (Å²) in [6, 6.07) is 17.7. The lowest BCUT2D eigenvalue weighted by Gasteiger charge is -2.51. The van der Waals surface area contributed by atoms with E-state index in [1.54, 1.807) is 14.2 Å². The molecule has 2 atom stereocenters. The van der Waals surface area contributed by atoms with Crippen molar-refractivity contribution in [2.45, 2.75) is 31.5 Å². The number of methoxy groups -OCH3 is 2. The van der Waals surface area contributed by atoms with Crippen molar-refractivity contribution in [3.05, 3.63) is 59.7 Å². The fourth-order valence-corrected chi connectivity index (χ4v) is 4.64. The number of nitrogens with one attached hydrogen (secondary N) is 1. The Morgan fingerprint density at radius 3 is 2.58 bits per heavy atom. The van der Waals surface area contributed by atoms with Gasteiger partial charge in [-0.3, -0.25) is 4.90 Å². The highest BCUT2D eigenvalue weighted by molar-refractivity contribution is 5.34. The summed E-state index contributed by atoms with van der Waals surface area (Å²) in [6.45, 7) is 3.22. The molecule has 0 aliphatic carbocycles. The average molecular weight is 352 g/mol. The van der Waals surface area contributed by atoms with E-state index in [1.807, 2.05) is 18.2 Å². The van der Waals surface area contributed by atoms with Crippen molar-refractivity contribution in [2.24, 2.45) is 5.92 Å². The summed E-state index contributed by atoms with van der Waals surface area (Å²) in [6.07, 6.45) is 2.56. The van der Waals surface area contributed by atoms with E-state index in [0.717, 1.165) is 24.0 Å². The first-order valence-electron chi connectivity index (χ1n) is 9.53. The molecule has 5 rings (SSSR count). The van der Waals surface area contributed by atoms with Crippen molar-refractivity contribution in [2.75, 3.05) is 27.3 Å². The molecular formula is C22H28N2O2. The van der Waals surface area contributed by atoms with E-state index in [1.165, 1.54) is 37.1 Å². The zero-order valence-corrected chi connectivity index (χ0v) is 15.7. The van der Waals surface area contributed by atoms with Crippen LogP contribution < -0.4 is 14.8 Å². The molecule has 3 aliphatic heterocycles. The van der Waals surface area contributed by atoms with E-state index in [4.69, 9.17) is 9.47 Å². The Kier molecular flexibility index (Phi) is 5.14. The van der Waals surface area contributed by atoms with Crippen molar-refractivity contribution in [3.63, 3.8) is 0 Å². The Morgan fingerprint density at radius 1 is 1.00 bits per heavy atom. The number of piperidine rings is 3. The number of para-hydroxylation sites is 1. The minimum atomic E-state index is 0.410. The fourth-order valence-electron chi connectivity index (χ4n) is 4.64. The van der Waals surface area contributed by atoms with Crippen LogP contribution in [0.2, 0.25) is 0 Å². The van der Waals surface area contributed by atoms with E-state index in [0.29, 0.717) is 12.1 Å². The standard InChI is InChI=1S/C22H28N2O2/c1-25-19-8-5-7-17(14-19)22-21(16-10-12-24(22)13-11-16)23-15-18-6-3-4-9-20(18)26-2/h3-9,14,16,21-23H,10-13,15H2,1-2H3/t21-,22+/m1/s1. The highest BCUT2D eigenvalue weighted by Crippen LogP contribution is 2.41. The maximum absolute atomic E-state index is 5.52. The monoisotopic (exact) mass is 352 g/mol. The first-order chi connectivity index (χ1) is 12.8. The molecule has 138 valence electrons. The van der Waals surface area contributed by atoms with Crippen LogP contribution in [-0.4, -0.2) is 38.3 Å². The van der Waals surface area contributed by atoms with Crippen LogP contribution in [0.4, 0.5) is 0 Å². The quantitative estimate of drug-likeness (QED) is 0.861. The molecule has 0 spiro atoms. The molecule has 0 saturated carbocycles. The molecule has 0 unspecified atom stereocenters. The second-order valence-electron chi connectivity index (χ2n) is 7.31. The lowest BCUT2D eigenvalue weighted by atomic mass is 9.76. The van der Waals surface area contributed by atoms with Gasteiger partial charge < -0.3 is 14.8 Å². The molecule has 4 nitrogen and oxygen atoms in total. The summed E-state index contributed by atoms with van der Waals surface area (Å²) < 4.78 is 11.0. The number of nitrogens with zero attached hydrogens (tertiary/aromatic N) is 1. The van der Waals surface area contributed by atoms with Crippen LogP contribution >= 0.6 is 0 Å². The Balaban J connectivity index is 1.57. The molecule has 2 aromatic carbocycles. The molecule has 3 saturated heterocycles. The maximum Gasteiger partial charge on any atom is 0.123 e. The van der Waals surface area contributed by atoms with Gasteiger partial charge in [-0.1, -0.05) is 30.3 Å². The van der Waals surface area contributed by atoms with Crippen molar-refractivity contribution in [3.8, 4) is 11.5 Å². The number of fused-ring (bicyclic) bond motifs is 3. The van der Waals surface area contributed by atoms with Crippen LogP contribution in [0.1, 0.15) is 30.0 Å². The molecule has 0 amide bonds. The molecule has 0 radical (unpaired) electrons. The molecule has 1 N–H and O–H groups in total. The van der Waals surface area contributed by atoms with Crippen LogP contribution in [-0.2, 0) is 6.54 Å². The van der Waals surface area contributed by atoms with Crippen molar-refractivity contribution in [1.82, 2.24) is 10.2 Å². The maximum atomic E-state index is 5.52. The van der Waals surface area contributed by atoms with E-state index in [9.17, 15) is 0 Å². The first-order valence-corrected chi connectivity index (χ1v) is 9.53. The van der Waals surface area contributed by atoms with Crippen LogP contribution in [0.25, 0.3) is 0 Å². The molecule has 3 aliphatic rings. The third-order valence-corrected chi connectivity index (χ3v) is 5.97. The van der Waals surface area contributed by atoms with Crippen LogP contribution in [0.5, 0.6) is 11.5 Å². The Hall–Kier alpha value is -2.04. The third kappa shape index (κ3) is 3.31. The van der Waals surface area contributed by atoms with Gasteiger partial charge in [0, 0.05) is 18.2 Å². The predicted octanol–water partition coefficient (Wildman–Crippen LogP) is 3.63. The third-order valence-electron chi connectivity index (χ3n) is 5.97. The van der Waals surface area contributed by atoms with Gasteiger partial charge in [0.2, 0.25) is 0 Å². The summed E-state index contributed by atoms with van der Waals surface area (Å²) in [7, 11) is 3.48. The number of ether oxygens (including phenoxy) is 2. The van der Waals surface area contributed by atoms with Gasteiger partial charge in [-0.25, -0.2) is 0 Å². The molecule has 0 aromatic heterocycles. The number of hydrogen-bond acceptors (Lipinski definition) is 4. The van der Waals surface area contributed by atoms with Crippen molar-refractivity contribution < 1.29 is 9.47 Å².